The van der Waals surface area contributed by atoms with E-state index >= 15 is 0 Å². The van der Waals surface area contributed by atoms with Gasteiger partial charge >= 0.3 is 5.97 Å². The number of ether oxygens (including phenoxy) is 1. The summed E-state index contributed by atoms with van der Waals surface area (Å²) in [6.07, 6.45) is 1.95. The molecule has 16 heavy (non-hydrogen) atoms. The van der Waals surface area contributed by atoms with E-state index < -0.39 is 0 Å². The quantitative estimate of drug-likeness (QED) is 0.777. The molecule has 1 rings (SSSR count). The molecule has 0 aliphatic heterocycles. The van der Waals surface area contributed by atoms with Crippen LogP contribution < -0.4 is 5.73 Å². The van der Waals surface area contributed by atoms with Gasteiger partial charge in [-0.15, -0.1) is 11.3 Å². The van der Waals surface area contributed by atoms with Crippen molar-refractivity contribution < 1.29 is 9.53 Å². The van der Waals surface area contributed by atoms with Gasteiger partial charge in [-0.05, 0) is 38.8 Å². The average molecular weight is 241 g/mol. The highest BCUT2D eigenvalue weighted by atomic mass is 32.1. The van der Waals surface area contributed by atoms with Crippen molar-refractivity contribution in [3.8, 4) is 0 Å². The second kappa shape index (κ2) is 6.66. The molecule has 0 spiro atoms. The lowest BCUT2D eigenvalue weighted by Crippen LogP contribution is -2.23. The third kappa shape index (κ3) is 4.77. The molecule has 0 aliphatic rings. The minimum atomic E-state index is -0.152. The summed E-state index contributed by atoms with van der Waals surface area (Å²) in [5.74, 6) is -0.152. The minimum Gasteiger partial charge on any atom is -0.466 e. The van der Waals surface area contributed by atoms with Crippen molar-refractivity contribution in [1.29, 1.82) is 0 Å². The van der Waals surface area contributed by atoms with E-state index in [9.17, 15) is 4.79 Å². The molecule has 0 radical (unpaired) electrons. The van der Waals surface area contributed by atoms with E-state index in [0.717, 1.165) is 6.42 Å². The lowest BCUT2D eigenvalue weighted by molar-refractivity contribution is -0.143. The van der Waals surface area contributed by atoms with Gasteiger partial charge in [-0.25, -0.2) is 0 Å². The fourth-order valence-corrected chi connectivity index (χ4v) is 2.47. The molecule has 1 aromatic rings. The van der Waals surface area contributed by atoms with Crippen LogP contribution in [0.2, 0.25) is 0 Å². The molecule has 90 valence electrons. The molecule has 0 bridgehead atoms. The number of esters is 1. The molecule has 4 heteroatoms. The molecular formula is C12H19NO2S. The Morgan fingerprint density at radius 1 is 1.56 bits per heavy atom. The van der Waals surface area contributed by atoms with Crippen molar-refractivity contribution in [3.63, 3.8) is 0 Å². The largest absolute Gasteiger partial charge is 0.466 e. The van der Waals surface area contributed by atoms with Crippen LogP contribution in [0.3, 0.4) is 0 Å². The summed E-state index contributed by atoms with van der Waals surface area (Å²) in [4.78, 5) is 13.7. The van der Waals surface area contributed by atoms with Crippen molar-refractivity contribution in [2.45, 2.75) is 39.2 Å². The maximum Gasteiger partial charge on any atom is 0.305 e. The lowest BCUT2D eigenvalue weighted by Gasteiger charge is -2.09. The first-order chi connectivity index (χ1) is 7.61. The zero-order chi connectivity index (χ0) is 12.0. The summed E-state index contributed by atoms with van der Waals surface area (Å²) < 4.78 is 4.85. The Labute approximate surface area is 101 Å². The van der Waals surface area contributed by atoms with E-state index in [1.165, 1.54) is 9.75 Å². The molecule has 0 saturated carbocycles. The molecule has 1 aromatic heterocycles. The summed E-state index contributed by atoms with van der Waals surface area (Å²) in [7, 11) is 0. The van der Waals surface area contributed by atoms with Crippen molar-refractivity contribution in [1.82, 2.24) is 0 Å². The van der Waals surface area contributed by atoms with Gasteiger partial charge in [-0.1, -0.05) is 0 Å². The molecule has 0 amide bonds. The first-order valence-corrected chi connectivity index (χ1v) is 6.40. The number of nitrogens with two attached hydrogens (primary N) is 1. The van der Waals surface area contributed by atoms with E-state index in [1.54, 1.807) is 11.3 Å². The Balaban J connectivity index is 2.25. The molecular weight excluding hydrogens is 222 g/mol. The monoisotopic (exact) mass is 241 g/mol. The smallest absolute Gasteiger partial charge is 0.305 e. The number of carbonyl (C=O) groups excluding carboxylic acids is 1. The lowest BCUT2D eigenvalue weighted by atomic mass is 10.1. The zero-order valence-corrected chi connectivity index (χ0v) is 10.7. The van der Waals surface area contributed by atoms with Crippen LogP contribution in [0.5, 0.6) is 0 Å². The van der Waals surface area contributed by atoms with Crippen LogP contribution in [0.4, 0.5) is 0 Å². The Morgan fingerprint density at radius 2 is 2.31 bits per heavy atom. The highest BCUT2D eigenvalue weighted by Gasteiger charge is 2.09. The van der Waals surface area contributed by atoms with Crippen molar-refractivity contribution >= 4 is 17.3 Å². The molecule has 2 N–H and O–H groups in total. The topological polar surface area (TPSA) is 52.3 Å². The summed E-state index contributed by atoms with van der Waals surface area (Å²) in [6.45, 7) is 4.34. The molecule has 1 unspecified atom stereocenters. The van der Waals surface area contributed by atoms with Crippen molar-refractivity contribution in [2.24, 2.45) is 5.73 Å². The summed E-state index contributed by atoms with van der Waals surface area (Å²) >= 11 is 1.76. The number of rotatable bonds is 6. The second-order valence-electron chi connectivity index (χ2n) is 3.82. The van der Waals surface area contributed by atoms with Gasteiger partial charge < -0.3 is 10.5 Å². The van der Waals surface area contributed by atoms with Gasteiger partial charge in [0.25, 0.3) is 0 Å². The molecule has 0 aromatic carbocycles. The van der Waals surface area contributed by atoms with Crippen LogP contribution in [0.15, 0.2) is 12.1 Å². The normalized spacial score (nSPS) is 12.4. The first-order valence-electron chi connectivity index (χ1n) is 5.58. The second-order valence-corrected chi connectivity index (χ2v) is 5.19. The van der Waals surface area contributed by atoms with E-state index in [0.29, 0.717) is 19.4 Å². The van der Waals surface area contributed by atoms with Gasteiger partial charge in [0.2, 0.25) is 0 Å². The Morgan fingerprint density at radius 3 is 2.88 bits per heavy atom. The van der Waals surface area contributed by atoms with Crippen LogP contribution in [-0.2, 0) is 16.0 Å². The molecule has 3 nitrogen and oxygen atoms in total. The third-order valence-corrected chi connectivity index (χ3v) is 3.31. The number of carbonyl (C=O) groups is 1. The molecule has 0 fully saturated rings. The van der Waals surface area contributed by atoms with Crippen LogP contribution in [0.25, 0.3) is 0 Å². The summed E-state index contributed by atoms with van der Waals surface area (Å²) in [5, 5.41) is 0. The fourth-order valence-electron chi connectivity index (χ4n) is 1.49. The predicted molar refractivity (Wildman–Crippen MR) is 66.6 cm³/mol. The molecule has 0 aliphatic carbocycles. The van der Waals surface area contributed by atoms with Crippen LogP contribution >= 0.6 is 11.3 Å². The SMILES string of the molecule is CCOC(=O)CCC(N)Cc1ccc(C)s1. The van der Waals surface area contributed by atoms with E-state index in [-0.39, 0.29) is 12.0 Å². The van der Waals surface area contributed by atoms with Gasteiger partial charge in [-0.2, -0.15) is 0 Å². The maximum absolute atomic E-state index is 11.1. The molecule has 1 heterocycles. The number of aryl methyl sites for hydroxylation is 1. The first kappa shape index (κ1) is 13.2. The maximum atomic E-state index is 11.1. The third-order valence-electron chi connectivity index (χ3n) is 2.28. The van der Waals surface area contributed by atoms with Gasteiger partial charge in [0.1, 0.15) is 0 Å². The zero-order valence-electron chi connectivity index (χ0n) is 9.86. The van der Waals surface area contributed by atoms with Gasteiger partial charge in [0.15, 0.2) is 0 Å². The highest BCUT2D eigenvalue weighted by Crippen LogP contribution is 2.17. The van der Waals surface area contributed by atoms with E-state index in [2.05, 4.69) is 19.1 Å². The molecule has 0 saturated heterocycles. The van der Waals surface area contributed by atoms with Gasteiger partial charge in [0, 0.05) is 22.2 Å². The average Bonchev–Trinajstić information content (AvgIpc) is 2.61. The number of hydrogen-bond donors (Lipinski definition) is 1. The Hall–Kier alpha value is -0.870. The van der Waals surface area contributed by atoms with Crippen LogP contribution in [0, 0.1) is 6.92 Å². The molecule has 1 atom stereocenters. The number of hydrogen-bond acceptors (Lipinski definition) is 4. The summed E-state index contributed by atoms with van der Waals surface area (Å²) in [5.41, 5.74) is 5.96. The predicted octanol–water partition coefficient (Wildman–Crippen LogP) is 2.27. The minimum absolute atomic E-state index is 0.0439. The van der Waals surface area contributed by atoms with E-state index in [1.807, 2.05) is 6.92 Å². The highest BCUT2D eigenvalue weighted by molar-refractivity contribution is 7.11. The van der Waals surface area contributed by atoms with Gasteiger partial charge in [0.05, 0.1) is 6.61 Å². The van der Waals surface area contributed by atoms with Crippen molar-refractivity contribution in [3.05, 3.63) is 21.9 Å². The Kier molecular flexibility index (Phi) is 5.49. The van der Waals surface area contributed by atoms with E-state index in [4.69, 9.17) is 10.5 Å². The van der Waals surface area contributed by atoms with Crippen LogP contribution in [-0.4, -0.2) is 18.6 Å². The number of thiophene rings is 1. The van der Waals surface area contributed by atoms with Gasteiger partial charge in [-0.3, -0.25) is 4.79 Å². The van der Waals surface area contributed by atoms with Crippen LogP contribution in [0.1, 0.15) is 29.5 Å². The standard InChI is InChI=1S/C12H19NO2S/c1-3-15-12(14)7-5-10(13)8-11-6-4-9(2)16-11/h4,6,10H,3,5,7-8,13H2,1-2H3. The fraction of sp³-hybridized carbons (Fsp3) is 0.583. The summed E-state index contributed by atoms with van der Waals surface area (Å²) in [6, 6.07) is 4.24. The Bertz CT molecular complexity index is 336. The van der Waals surface area contributed by atoms with Crippen molar-refractivity contribution in [2.75, 3.05) is 6.61 Å².